The Labute approximate surface area is 112 Å². The van der Waals surface area contributed by atoms with Crippen LogP contribution in [0.1, 0.15) is 34.6 Å². The summed E-state index contributed by atoms with van der Waals surface area (Å²) in [5.74, 6) is 0.0351. The van der Waals surface area contributed by atoms with E-state index in [2.05, 4.69) is 13.8 Å². The number of aromatic nitrogens is 1. The van der Waals surface area contributed by atoms with E-state index < -0.39 is 5.97 Å². The minimum Gasteiger partial charge on any atom is -0.465 e. The van der Waals surface area contributed by atoms with Gasteiger partial charge in [0, 0.05) is 29.2 Å². The van der Waals surface area contributed by atoms with Crippen molar-refractivity contribution in [1.82, 2.24) is 4.57 Å². The zero-order valence-corrected chi connectivity index (χ0v) is 11.3. The molecule has 0 amide bonds. The Kier molecular flexibility index (Phi) is 3.69. The topological polar surface area (TPSA) is 48.3 Å². The van der Waals surface area contributed by atoms with Gasteiger partial charge >= 0.3 is 5.97 Å². The lowest BCUT2D eigenvalue weighted by Crippen LogP contribution is -2.04. The molecule has 0 aliphatic rings. The van der Waals surface area contributed by atoms with Gasteiger partial charge in [-0.3, -0.25) is 4.79 Å². The average Bonchev–Trinajstić information content (AvgIpc) is 2.75. The second kappa shape index (κ2) is 5.26. The van der Waals surface area contributed by atoms with Crippen LogP contribution in [0, 0.1) is 5.92 Å². The molecule has 100 valence electrons. The van der Waals surface area contributed by atoms with Gasteiger partial charge in [0.1, 0.15) is 0 Å². The van der Waals surface area contributed by atoms with Gasteiger partial charge in [-0.15, -0.1) is 0 Å². The molecule has 2 rings (SSSR count). The lowest BCUT2D eigenvalue weighted by molar-refractivity contribution is 0.0603. The third-order valence-electron chi connectivity index (χ3n) is 3.03. The number of benzene rings is 1. The van der Waals surface area contributed by atoms with Crippen molar-refractivity contribution in [3.8, 4) is 0 Å². The molecule has 4 heteroatoms. The fraction of sp³-hybridized carbons (Fsp3) is 0.333. The first-order valence-corrected chi connectivity index (χ1v) is 6.23. The zero-order valence-electron chi connectivity index (χ0n) is 11.3. The van der Waals surface area contributed by atoms with Crippen LogP contribution in [0.2, 0.25) is 0 Å². The van der Waals surface area contributed by atoms with Crippen molar-refractivity contribution in [3.63, 3.8) is 0 Å². The van der Waals surface area contributed by atoms with Gasteiger partial charge < -0.3 is 9.30 Å². The lowest BCUT2D eigenvalue weighted by atomic mass is 10.1. The fourth-order valence-electron chi connectivity index (χ4n) is 2.30. The molecule has 0 radical (unpaired) electrons. The quantitative estimate of drug-likeness (QED) is 0.626. The summed E-state index contributed by atoms with van der Waals surface area (Å²) in [5, 5.41) is 0.671. The highest BCUT2D eigenvalue weighted by Crippen LogP contribution is 2.25. The number of methoxy groups -OCH3 is 1. The maximum atomic E-state index is 11.8. The Balaban J connectivity index is 2.71. The third kappa shape index (κ3) is 2.38. The molecule has 0 aliphatic carbocycles. The van der Waals surface area contributed by atoms with Crippen molar-refractivity contribution in [1.29, 1.82) is 0 Å². The van der Waals surface area contributed by atoms with E-state index in [0.29, 0.717) is 22.4 Å². The number of hydrogen-bond acceptors (Lipinski definition) is 3. The Hall–Kier alpha value is -2.10. The summed E-state index contributed by atoms with van der Waals surface area (Å²) in [7, 11) is 1.34. The van der Waals surface area contributed by atoms with Gasteiger partial charge in [-0.2, -0.15) is 0 Å². The molecule has 0 fully saturated rings. The number of hydrogen-bond donors (Lipinski definition) is 0. The highest BCUT2D eigenvalue weighted by atomic mass is 16.5. The summed E-state index contributed by atoms with van der Waals surface area (Å²) in [4.78, 5) is 23.0. The molecule has 0 atom stereocenters. The van der Waals surface area contributed by atoms with Gasteiger partial charge in [0.05, 0.1) is 12.7 Å². The summed E-state index contributed by atoms with van der Waals surface area (Å²) in [6.45, 7) is 5.02. The van der Waals surface area contributed by atoms with Crippen LogP contribution in [0.25, 0.3) is 10.9 Å². The lowest BCUT2D eigenvalue weighted by Gasteiger charge is -2.08. The molecule has 1 aromatic heterocycles. The second-order valence-electron chi connectivity index (χ2n) is 4.94. The van der Waals surface area contributed by atoms with Crippen LogP contribution in [-0.2, 0) is 11.3 Å². The first-order valence-electron chi connectivity index (χ1n) is 6.23. The zero-order chi connectivity index (χ0) is 14.0. The Bertz CT molecular complexity index is 626. The van der Waals surface area contributed by atoms with Gasteiger partial charge in [0.2, 0.25) is 0 Å². The van der Waals surface area contributed by atoms with Crippen LogP contribution in [0.15, 0.2) is 24.4 Å². The fourth-order valence-corrected chi connectivity index (χ4v) is 2.30. The van der Waals surface area contributed by atoms with Gasteiger partial charge in [0.15, 0.2) is 6.29 Å². The maximum Gasteiger partial charge on any atom is 0.338 e. The maximum absolute atomic E-state index is 11.8. The molecule has 0 aliphatic heterocycles. The minimum atomic E-state index is -0.420. The summed E-state index contributed by atoms with van der Waals surface area (Å²) in [5.41, 5.74) is 1.85. The third-order valence-corrected chi connectivity index (χ3v) is 3.03. The standard InChI is InChI=1S/C15H17NO3/c1-10(2)7-16-8-11(9-17)14-12(15(18)19-3)5-4-6-13(14)16/h4-6,8-10H,7H2,1-3H3. The molecule has 0 N–H and O–H groups in total. The average molecular weight is 259 g/mol. The SMILES string of the molecule is COC(=O)c1cccc2c1c(C=O)cn2CC(C)C. The predicted octanol–water partition coefficient (Wildman–Crippen LogP) is 2.90. The van der Waals surface area contributed by atoms with Crippen molar-refractivity contribution < 1.29 is 14.3 Å². The van der Waals surface area contributed by atoms with Crippen molar-refractivity contribution in [2.45, 2.75) is 20.4 Å². The van der Waals surface area contributed by atoms with Crippen LogP contribution in [-0.4, -0.2) is 23.9 Å². The molecule has 0 spiro atoms. The van der Waals surface area contributed by atoms with Crippen LogP contribution in [0.5, 0.6) is 0 Å². The van der Waals surface area contributed by atoms with Crippen LogP contribution in [0.3, 0.4) is 0 Å². The number of esters is 1. The van der Waals surface area contributed by atoms with Gasteiger partial charge in [0.25, 0.3) is 0 Å². The number of ether oxygens (including phenoxy) is 1. The number of aldehydes is 1. The van der Waals surface area contributed by atoms with E-state index in [-0.39, 0.29) is 0 Å². The Morgan fingerprint density at radius 3 is 2.74 bits per heavy atom. The highest BCUT2D eigenvalue weighted by molar-refractivity contribution is 6.10. The summed E-state index contributed by atoms with van der Waals surface area (Å²) < 4.78 is 6.78. The van der Waals surface area contributed by atoms with E-state index in [0.717, 1.165) is 18.3 Å². The Morgan fingerprint density at radius 1 is 1.42 bits per heavy atom. The van der Waals surface area contributed by atoms with E-state index in [4.69, 9.17) is 4.74 Å². The smallest absolute Gasteiger partial charge is 0.338 e. The predicted molar refractivity (Wildman–Crippen MR) is 73.5 cm³/mol. The van der Waals surface area contributed by atoms with E-state index in [1.165, 1.54) is 7.11 Å². The molecule has 4 nitrogen and oxygen atoms in total. The van der Waals surface area contributed by atoms with E-state index in [1.807, 2.05) is 10.6 Å². The van der Waals surface area contributed by atoms with Crippen molar-refractivity contribution in [3.05, 3.63) is 35.5 Å². The van der Waals surface area contributed by atoms with Crippen LogP contribution < -0.4 is 0 Å². The normalized spacial score (nSPS) is 10.9. The molecule has 0 saturated carbocycles. The van der Waals surface area contributed by atoms with E-state index in [1.54, 1.807) is 18.3 Å². The number of rotatable bonds is 4. The first kappa shape index (κ1) is 13.3. The highest BCUT2D eigenvalue weighted by Gasteiger charge is 2.17. The largest absolute Gasteiger partial charge is 0.465 e. The number of carbonyl (C=O) groups excluding carboxylic acids is 2. The van der Waals surface area contributed by atoms with Crippen molar-refractivity contribution in [2.75, 3.05) is 7.11 Å². The van der Waals surface area contributed by atoms with Gasteiger partial charge in [-0.05, 0) is 18.1 Å². The number of fused-ring (bicyclic) bond motifs is 1. The molecule has 0 saturated heterocycles. The summed E-state index contributed by atoms with van der Waals surface area (Å²) in [6, 6.07) is 5.40. The number of carbonyl (C=O) groups is 2. The monoisotopic (exact) mass is 259 g/mol. The summed E-state index contributed by atoms with van der Waals surface area (Å²) >= 11 is 0. The Morgan fingerprint density at radius 2 is 2.16 bits per heavy atom. The van der Waals surface area contributed by atoms with Crippen molar-refractivity contribution in [2.24, 2.45) is 5.92 Å². The van der Waals surface area contributed by atoms with Gasteiger partial charge in [-0.25, -0.2) is 4.79 Å². The van der Waals surface area contributed by atoms with Gasteiger partial charge in [-0.1, -0.05) is 19.9 Å². The van der Waals surface area contributed by atoms with E-state index >= 15 is 0 Å². The molecular formula is C15H17NO3. The molecule has 2 aromatic rings. The summed E-state index contributed by atoms with van der Waals surface area (Å²) in [6.07, 6.45) is 2.58. The molecule has 19 heavy (non-hydrogen) atoms. The number of nitrogens with zero attached hydrogens (tertiary/aromatic N) is 1. The molecule has 0 bridgehead atoms. The van der Waals surface area contributed by atoms with Crippen LogP contribution in [0.4, 0.5) is 0 Å². The molecule has 1 aromatic carbocycles. The molecular weight excluding hydrogens is 242 g/mol. The minimum absolute atomic E-state index is 0.420. The van der Waals surface area contributed by atoms with Crippen LogP contribution >= 0.6 is 0 Å². The second-order valence-corrected chi connectivity index (χ2v) is 4.94. The van der Waals surface area contributed by atoms with E-state index in [9.17, 15) is 9.59 Å². The molecule has 0 unspecified atom stereocenters. The first-order chi connectivity index (χ1) is 9.08. The van der Waals surface area contributed by atoms with Crippen molar-refractivity contribution >= 4 is 23.2 Å². The molecule has 1 heterocycles.